The van der Waals surface area contributed by atoms with Crippen molar-refractivity contribution in [1.82, 2.24) is 0 Å². The van der Waals surface area contributed by atoms with Crippen molar-refractivity contribution >= 4 is 17.3 Å². The van der Waals surface area contributed by atoms with E-state index in [1.54, 1.807) is 18.2 Å². The van der Waals surface area contributed by atoms with Crippen LogP contribution < -0.4 is 5.01 Å². The van der Waals surface area contributed by atoms with Crippen LogP contribution in [0.25, 0.3) is 0 Å². The first kappa shape index (κ1) is 10.8. The molecular weight excluding hydrogens is 207 g/mol. The lowest BCUT2D eigenvalue weighted by molar-refractivity contribution is -0.116. The second kappa shape index (κ2) is 4.43. The number of nitrogens with zero attached hydrogens (tertiary/aromatic N) is 2. The van der Waals surface area contributed by atoms with Crippen molar-refractivity contribution in [2.75, 3.05) is 5.01 Å². The molecule has 0 spiro atoms. The van der Waals surface area contributed by atoms with Gasteiger partial charge in [-0.3, -0.25) is 4.79 Å². The maximum Gasteiger partial charge on any atom is 0.253 e. The number of anilines is 1. The molecule has 3 nitrogen and oxygen atoms in total. The molecular formula is C12H13FN2O. The summed E-state index contributed by atoms with van der Waals surface area (Å²) in [6.07, 6.45) is 2.04. The van der Waals surface area contributed by atoms with E-state index in [9.17, 15) is 9.18 Å². The zero-order chi connectivity index (χ0) is 11.5. The third-order valence-electron chi connectivity index (χ3n) is 2.45. The van der Waals surface area contributed by atoms with Crippen LogP contribution in [0.2, 0.25) is 0 Å². The van der Waals surface area contributed by atoms with Gasteiger partial charge in [-0.2, -0.15) is 10.1 Å². The second-order valence-electron chi connectivity index (χ2n) is 3.75. The minimum Gasteiger partial charge on any atom is -0.272 e. The van der Waals surface area contributed by atoms with Gasteiger partial charge < -0.3 is 0 Å². The highest BCUT2D eigenvalue weighted by Crippen LogP contribution is 2.24. The molecule has 0 fully saturated rings. The summed E-state index contributed by atoms with van der Waals surface area (Å²) in [5.74, 6) is -0.578. The van der Waals surface area contributed by atoms with Gasteiger partial charge in [0.25, 0.3) is 5.91 Å². The number of benzene rings is 1. The molecule has 16 heavy (non-hydrogen) atoms. The molecule has 1 aromatic rings. The molecule has 0 bridgehead atoms. The monoisotopic (exact) mass is 220 g/mol. The fourth-order valence-corrected chi connectivity index (χ4v) is 1.72. The van der Waals surface area contributed by atoms with Gasteiger partial charge in [-0.15, -0.1) is 0 Å². The molecule has 0 radical (unpaired) electrons. The average molecular weight is 220 g/mol. The molecule has 0 unspecified atom stereocenters. The molecule has 0 saturated carbocycles. The minimum atomic E-state index is -0.419. The van der Waals surface area contributed by atoms with Crippen LogP contribution in [-0.4, -0.2) is 11.6 Å². The van der Waals surface area contributed by atoms with Crippen LogP contribution in [0.4, 0.5) is 10.1 Å². The largest absolute Gasteiger partial charge is 0.272 e. The predicted octanol–water partition coefficient (Wildman–Crippen LogP) is 2.72. The Morgan fingerprint density at radius 1 is 1.44 bits per heavy atom. The molecule has 1 heterocycles. The van der Waals surface area contributed by atoms with Crippen molar-refractivity contribution in [3.8, 4) is 0 Å². The highest BCUT2D eigenvalue weighted by molar-refractivity contribution is 6.12. The first-order chi connectivity index (χ1) is 7.72. The zero-order valence-corrected chi connectivity index (χ0v) is 9.11. The van der Waals surface area contributed by atoms with Crippen molar-refractivity contribution in [1.29, 1.82) is 0 Å². The lowest BCUT2D eigenvalue weighted by Crippen LogP contribution is -2.20. The molecule has 2 rings (SSSR count). The third-order valence-corrected chi connectivity index (χ3v) is 2.45. The first-order valence-electron chi connectivity index (χ1n) is 5.36. The molecule has 0 N–H and O–H groups in total. The fraction of sp³-hybridized carbons (Fsp3) is 0.333. The highest BCUT2D eigenvalue weighted by atomic mass is 19.1. The van der Waals surface area contributed by atoms with Crippen LogP contribution in [0.1, 0.15) is 26.2 Å². The Balaban J connectivity index is 2.28. The molecule has 0 aromatic heterocycles. The maximum atomic E-state index is 13.5. The number of amides is 1. The molecule has 0 aliphatic carbocycles. The van der Waals surface area contributed by atoms with E-state index >= 15 is 0 Å². The Bertz CT molecular complexity index is 442. The van der Waals surface area contributed by atoms with E-state index in [-0.39, 0.29) is 11.6 Å². The summed E-state index contributed by atoms with van der Waals surface area (Å²) < 4.78 is 13.5. The molecule has 4 heteroatoms. The molecule has 0 saturated heterocycles. The molecule has 1 amide bonds. The van der Waals surface area contributed by atoms with Crippen molar-refractivity contribution < 1.29 is 9.18 Å². The Kier molecular flexibility index (Phi) is 2.99. The minimum absolute atomic E-state index is 0.159. The lowest BCUT2D eigenvalue weighted by Gasteiger charge is -2.11. The van der Waals surface area contributed by atoms with Crippen LogP contribution in [-0.2, 0) is 4.79 Å². The summed E-state index contributed by atoms with van der Waals surface area (Å²) in [5, 5.41) is 5.32. The van der Waals surface area contributed by atoms with E-state index in [0.29, 0.717) is 6.42 Å². The normalized spacial score (nSPS) is 15.5. The van der Waals surface area contributed by atoms with Crippen molar-refractivity contribution in [3.63, 3.8) is 0 Å². The summed E-state index contributed by atoms with van der Waals surface area (Å²) in [4.78, 5) is 11.7. The van der Waals surface area contributed by atoms with Crippen LogP contribution in [0, 0.1) is 5.82 Å². The number of carbonyl (C=O) groups excluding carboxylic acids is 1. The third kappa shape index (κ3) is 1.96. The van der Waals surface area contributed by atoms with E-state index in [1.807, 2.05) is 6.92 Å². The van der Waals surface area contributed by atoms with Gasteiger partial charge in [-0.05, 0) is 18.6 Å². The quantitative estimate of drug-likeness (QED) is 0.770. The van der Waals surface area contributed by atoms with Crippen molar-refractivity contribution in [3.05, 3.63) is 30.1 Å². The molecule has 0 atom stereocenters. The first-order valence-corrected chi connectivity index (χ1v) is 5.36. The van der Waals surface area contributed by atoms with E-state index in [2.05, 4.69) is 5.10 Å². The zero-order valence-electron chi connectivity index (χ0n) is 9.11. The van der Waals surface area contributed by atoms with E-state index in [1.165, 1.54) is 11.1 Å². The number of para-hydroxylation sites is 1. The SMILES string of the molecule is CCCC1=NN(c2ccccc2F)C(=O)C1. The number of hydrazone groups is 1. The van der Waals surface area contributed by atoms with Gasteiger partial charge in [0.05, 0.1) is 6.42 Å². The fourth-order valence-electron chi connectivity index (χ4n) is 1.72. The van der Waals surface area contributed by atoms with Gasteiger partial charge in [-0.1, -0.05) is 25.5 Å². The summed E-state index contributed by atoms with van der Waals surface area (Å²) in [5.41, 5.74) is 1.06. The van der Waals surface area contributed by atoms with Gasteiger partial charge in [0.1, 0.15) is 11.5 Å². The second-order valence-corrected chi connectivity index (χ2v) is 3.75. The van der Waals surface area contributed by atoms with Gasteiger partial charge in [0, 0.05) is 5.71 Å². The Labute approximate surface area is 93.6 Å². The highest BCUT2D eigenvalue weighted by Gasteiger charge is 2.26. The Morgan fingerprint density at radius 2 is 2.19 bits per heavy atom. The maximum absolute atomic E-state index is 13.5. The van der Waals surface area contributed by atoms with Crippen molar-refractivity contribution in [2.24, 2.45) is 5.10 Å². The standard InChI is InChI=1S/C12H13FN2O/c1-2-5-9-8-12(16)15(14-9)11-7-4-3-6-10(11)13/h3-4,6-7H,2,5,8H2,1H3. The summed E-state index contributed by atoms with van der Waals surface area (Å²) in [7, 11) is 0. The van der Waals surface area contributed by atoms with Crippen LogP contribution in [0.5, 0.6) is 0 Å². The lowest BCUT2D eigenvalue weighted by atomic mass is 10.2. The average Bonchev–Trinajstić information content (AvgIpc) is 2.61. The number of hydrogen-bond donors (Lipinski definition) is 0. The van der Waals surface area contributed by atoms with Crippen molar-refractivity contribution in [2.45, 2.75) is 26.2 Å². The predicted molar refractivity (Wildman–Crippen MR) is 60.8 cm³/mol. The van der Waals surface area contributed by atoms with Gasteiger partial charge >= 0.3 is 0 Å². The van der Waals surface area contributed by atoms with Crippen LogP contribution >= 0.6 is 0 Å². The topological polar surface area (TPSA) is 32.7 Å². The number of halogens is 1. The molecule has 1 aromatic carbocycles. The van der Waals surface area contributed by atoms with Gasteiger partial charge in [0.2, 0.25) is 0 Å². The van der Waals surface area contributed by atoms with Crippen LogP contribution in [0.3, 0.4) is 0 Å². The van der Waals surface area contributed by atoms with E-state index < -0.39 is 5.82 Å². The molecule has 84 valence electrons. The Morgan fingerprint density at radius 3 is 2.88 bits per heavy atom. The van der Waals surface area contributed by atoms with Gasteiger partial charge in [-0.25, -0.2) is 4.39 Å². The number of rotatable bonds is 3. The van der Waals surface area contributed by atoms with Gasteiger partial charge in [0.15, 0.2) is 0 Å². The number of hydrogen-bond acceptors (Lipinski definition) is 2. The van der Waals surface area contributed by atoms with E-state index in [4.69, 9.17) is 0 Å². The summed E-state index contributed by atoms with van der Waals surface area (Å²) in [6.45, 7) is 2.03. The molecule has 1 aliphatic heterocycles. The smallest absolute Gasteiger partial charge is 0.253 e. The molecule has 1 aliphatic rings. The van der Waals surface area contributed by atoms with Crippen LogP contribution in [0.15, 0.2) is 29.4 Å². The summed E-state index contributed by atoms with van der Waals surface area (Å²) >= 11 is 0. The number of carbonyl (C=O) groups is 1. The summed E-state index contributed by atoms with van der Waals surface area (Å²) in [6, 6.07) is 6.18. The van der Waals surface area contributed by atoms with E-state index in [0.717, 1.165) is 18.6 Å². The Hall–Kier alpha value is -1.71.